The van der Waals surface area contributed by atoms with Crippen molar-refractivity contribution in [1.82, 2.24) is 9.29 Å². The average Bonchev–Trinajstić information content (AvgIpc) is 3.11. The van der Waals surface area contributed by atoms with Crippen LogP contribution in [0.3, 0.4) is 0 Å². The number of fused-ring (bicyclic) bond motifs is 1. The molecule has 1 aromatic carbocycles. The Kier molecular flexibility index (Phi) is 5.55. The number of guanidine groups is 1. The van der Waals surface area contributed by atoms with Crippen molar-refractivity contribution >= 4 is 27.6 Å². The number of rotatable bonds is 3. The number of hydrogen-bond donors (Lipinski definition) is 2. The van der Waals surface area contributed by atoms with Crippen molar-refractivity contribution in [3.63, 3.8) is 0 Å². The Morgan fingerprint density at radius 2 is 2.00 bits per heavy atom. The number of aromatic nitrogens is 1. The topological polar surface area (TPSA) is 127 Å². The first-order chi connectivity index (χ1) is 15.8. The monoisotopic (exact) mass is 501 g/mol. The van der Waals surface area contributed by atoms with Gasteiger partial charge in [0.25, 0.3) is 5.91 Å². The highest BCUT2D eigenvalue weighted by atomic mass is 32.2. The molecule has 1 amide bonds. The summed E-state index contributed by atoms with van der Waals surface area (Å²) in [4.78, 5) is 20.3. The Labute approximate surface area is 191 Å². The van der Waals surface area contributed by atoms with E-state index < -0.39 is 50.4 Å². The molecule has 4 rings (SSSR count). The number of pyridine rings is 1. The van der Waals surface area contributed by atoms with Gasteiger partial charge >= 0.3 is 6.18 Å². The standard InChI is InChI=1S/C20H19F4N5O4S/c1-10-16-19(9-33-10,28-18(25)29(2)34(16,31)32)13-7-12(4-5-14(13)21)27-17(30)15-6-3-11(8-26-15)20(22,23)24/h3-8,10,16H,9H2,1-2H3,(H2,25,28)(H,27,30)/t10-,16+,19+/m0/s1. The minimum absolute atomic E-state index is 0.0425. The fraction of sp³-hybridized carbons (Fsp3) is 0.350. The van der Waals surface area contributed by atoms with Crippen LogP contribution in [0.4, 0.5) is 23.2 Å². The van der Waals surface area contributed by atoms with E-state index in [4.69, 9.17) is 10.5 Å². The van der Waals surface area contributed by atoms with Crippen LogP contribution in [0.15, 0.2) is 41.5 Å². The third-order valence-electron chi connectivity index (χ3n) is 5.82. The number of hydrogen-bond acceptors (Lipinski definition) is 7. The van der Waals surface area contributed by atoms with Crippen molar-refractivity contribution in [2.75, 3.05) is 19.0 Å². The van der Waals surface area contributed by atoms with Gasteiger partial charge in [-0.2, -0.15) is 13.2 Å². The number of ether oxygens (including phenoxy) is 1. The van der Waals surface area contributed by atoms with Crippen LogP contribution in [-0.2, 0) is 26.5 Å². The zero-order chi connectivity index (χ0) is 25.1. The van der Waals surface area contributed by atoms with Gasteiger partial charge in [0.05, 0.1) is 18.3 Å². The summed E-state index contributed by atoms with van der Waals surface area (Å²) in [5.41, 5.74) is 2.67. The van der Waals surface area contributed by atoms with Gasteiger partial charge in [-0.3, -0.25) is 9.78 Å². The number of carbonyl (C=O) groups is 1. The van der Waals surface area contributed by atoms with Gasteiger partial charge in [-0.15, -0.1) is 0 Å². The molecule has 0 bridgehead atoms. The summed E-state index contributed by atoms with van der Waals surface area (Å²) in [5.74, 6) is -2.00. The maximum Gasteiger partial charge on any atom is 0.417 e. The molecule has 0 spiro atoms. The molecule has 3 N–H and O–H groups in total. The quantitative estimate of drug-likeness (QED) is 0.620. The number of amides is 1. The van der Waals surface area contributed by atoms with Crippen LogP contribution in [0.2, 0.25) is 0 Å². The number of alkyl halides is 3. The SMILES string of the molecule is C[C@@H]1OC[C@]2(c3cc(NC(=O)c4ccc(C(F)(F)F)cn4)ccc3F)N=C(N)N(C)S(=O)(=O)[C@H]12. The molecule has 2 aliphatic heterocycles. The lowest BCUT2D eigenvalue weighted by Gasteiger charge is -2.39. The van der Waals surface area contributed by atoms with E-state index in [1.165, 1.54) is 26.1 Å². The van der Waals surface area contributed by atoms with Crippen LogP contribution in [-0.4, -0.2) is 54.6 Å². The van der Waals surface area contributed by atoms with Gasteiger partial charge in [-0.25, -0.2) is 22.1 Å². The molecule has 1 aromatic heterocycles. The maximum atomic E-state index is 15.0. The van der Waals surface area contributed by atoms with Gasteiger partial charge in [-0.05, 0) is 37.3 Å². The minimum atomic E-state index is -4.61. The molecule has 0 radical (unpaired) electrons. The van der Waals surface area contributed by atoms with Crippen LogP contribution < -0.4 is 11.1 Å². The van der Waals surface area contributed by atoms with E-state index in [0.29, 0.717) is 12.3 Å². The molecule has 3 heterocycles. The largest absolute Gasteiger partial charge is 0.417 e. The minimum Gasteiger partial charge on any atom is -0.374 e. The molecule has 2 aliphatic rings. The molecule has 0 aliphatic carbocycles. The van der Waals surface area contributed by atoms with Crippen LogP contribution in [0.25, 0.3) is 0 Å². The molecular formula is C20H19F4N5O4S. The number of anilines is 1. The van der Waals surface area contributed by atoms with E-state index in [0.717, 1.165) is 16.4 Å². The Morgan fingerprint density at radius 3 is 2.62 bits per heavy atom. The van der Waals surface area contributed by atoms with Gasteiger partial charge < -0.3 is 15.8 Å². The lowest BCUT2D eigenvalue weighted by Crippen LogP contribution is -2.58. The molecule has 9 nitrogen and oxygen atoms in total. The van der Waals surface area contributed by atoms with Crippen molar-refractivity contribution in [3.05, 3.63) is 59.2 Å². The van der Waals surface area contributed by atoms with E-state index >= 15 is 4.39 Å². The van der Waals surface area contributed by atoms with Crippen LogP contribution in [0.5, 0.6) is 0 Å². The fourth-order valence-corrected chi connectivity index (χ4v) is 6.04. The zero-order valence-electron chi connectivity index (χ0n) is 17.8. The molecule has 2 aromatic rings. The predicted molar refractivity (Wildman–Crippen MR) is 113 cm³/mol. The molecular weight excluding hydrogens is 482 g/mol. The van der Waals surface area contributed by atoms with Crippen molar-refractivity contribution in [2.45, 2.75) is 30.0 Å². The van der Waals surface area contributed by atoms with E-state index in [1.54, 1.807) is 0 Å². The number of nitrogens with zero attached hydrogens (tertiary/aromatic N) is 3. The smallest absolute Gasteiger partial charge is 0.374 e. The molecule has 0 unspecified atom stereocenters. The Bertz CT molecular complexity index is 1280. The normalized spacial score (nSPS) is 26.1. The summed E-state index contributed by atoms with van der Waals surface area (Å²) in [6.07, 6.45) is -4.92. The number of nitrogens with two attached hydrogens (primary N) is 1. The summed E-state index contributed by atoms with van der Waals surface area (Å²) in [6, 6.07) is 5.03. The second-order valence-electron chi connectivity index (χ2n) is 7.92. The van der Waals surface area contributed by atoms with Crippen molar-refractivity contribution in [1.29, 1.82) is 0 Å². The van der Waals surface area contributed by atoms with Crippen molar-refractivity contribution < 1.29 is 35.5 Å². The van der Waals surface area contributed by atoms with Crippen LogP contribution >= 0.6 is 0 Å². The molecule has 34 heavy (non-hydrogen) atoms. The number of carbonyl (C=O) groups excluding carboxylic acids is 1. The number of nitrogens with one attached hydrogen (secondary N) is 1. The lowest BCUT2D eigenvalue weighted by atomic mass is 9.86. The summed E-state index contributed by atoms with van der Waals surface area (Å²) in [7, 11) is -2.83. The highest BCUT2D eigenvalue weighted by Crippen LogP contribution is 2.46. The highest BCUT2D eigenvalue weighted by Gasteiger charge is 2.61. The number of halogens is 4. The molecule has 3 atom stereocenters. The Morgan fingerprint density at radius 1 is 1.29 bits per heavy atom. The number of aliphatic imine (C=N–C) groups is 1. The summed E-state index contributed by atoms with van der Waals surface area (Å²) < 4.78 is 85.6. The fourth-order valence-electron chi connectivity index (χ4n) is 4.09. The molecule has 14 heteroatoms. The number of sulfonamides is 1. The third kappa shape index (κ3) is 3.76. The summed E-state index contributed by atoms with van der Waals surface area (Å²) in [6.45, 7) is 1.25. The van der Waals surface area contributed by atoms with Crippen LogP contribution in [0.1, 0.15) is 28.5 Å². The van der Waals surface area contributed by atoms with Gasteiger partial charge in [0.2, 0.25) is 16.0 Å². The third-order valence-corrected chi connectivity index (χ3v) is 8.18. The van der Waals surface area contributed by atoms with Crippen LogP contribution in [0, 0.1) is 5.82 Å². The second-order valence-corrected chi connectivity index (χ2v) is 10.0. The van der Waals surface area contributed by atoms with E-state index in [-0.39, 0.29) is 29.5 Å². The van der Waals surface area contributed by atoms with Crippen molar-refractivity contribution in [2.24, 2.45) is 10.7 Å². The van der Waals surface area contributed by atoms with Gasteiger partial charge in [0.1, 0.15) is 22.3 Å². The summed E-state index contributed by atoms with van der Waals surface area (Å²) in [5, 5.41) is 1.14. The lowest BCUT2D eigenvalue weighted by molar-refractivity contribution is -0.137. The highest BCUT2D eigenvalue weighted by molar-refractivity contribution is 7.90. The second kappa shape index (κ2) is 7.91. The first-order valence-corrected chi connectivity index (χ1v) is 11.4. The molecule has 0 saturated carbocycles. The molecule has 1 saturated heterocycles. The molecule has 182 valence electrons. The first-order valence-electron chi connectivity index (χ1n) is 9.86. The van der Waals surface area contributed by atoms with Gasteiger partial charge in [-0.1, -0.05) is 0 Å². The van der Waals surface area contributed by atoms with E-state index in [1.807, 2.05) is 0 Å². The number of benzene rings is 1. The first kappa shape index (κ1) is 23.9. The van der Waals surface area contributed by atoms with Gasteiger partial charge in [0, 0.05) is 24.5 Å². The van der Waals surface area contributed by atoms with E-state index in [2.05, 4.69) is 15.3 Å². The Balaban J connectivity index is 1.71. The van der Waals surface area contributed by atoms with Crippen molar-refractivity contribution in [3.8, 4) is 0 Å². The average molecular weight is 501 g/mol. The predicted octanol–water partition coefficient (Wildman–Crippen LogP) is 2.06. The molecule has 1 fully saturated rings. The van der Waals surface area contributed by atoms with Gasteiger partial charge in [0.15, 0.2) is 0 Å². The van der Waals surface area contributed by atoms with E-state index in [9.17, 15) is 26.4 Å². The zero-order valence-corrected chi connectivity index (χ0v) is 18.6. The Hall–Kier alpha value is -3.26. The maximum absolute atomic E-state index is 15.0. The summed E-state index contributed by atoms with van der Waals surface area (Å²) >= 11 is 0.